The zero-order chi connectivity index (χ0) is 24.0. The first-order valence-electron chi connectivity index (χ1n) is 12.4. The fraction of sp³-hybridized carbons (Fsp3) is 0.480. The Hall–Kier alpha value is -3.27. The van der Waals surface area contributed by atoms with Gasteiger partial charge < -0.3 is 14.6 Å². The number of fused-ring (bicyclic) bond motifs is 2. The molecule has 0 aliphatic carbocycles. The Morgan fingerprint density at radius 2 is 1.94 bits per heavy atom. The molecular formula is C25H31N7O2S. The third-order valence-electron chi connectivity index (χ3n) is 6.39. The Morgan fingerprint density at radius 3 is 2.80 bits per heavy atom. The maximum absolute atomic E-state index is 12.7. The van der Waals surface area contributed by atoms with Crippen LogP contribution in [0.1, 0.15) is 43.9 Å². The number of unbranched alkanes of at least 4 members (excludes halogenated alkanes) is 2. The highest BCUT2D eigenvalue weighted by Crippen LogP contribution is 2.31. The maximum Gasteiger partial charge on any atom is 0.222 e. The number of hydrogen-bond acceptors (Lipinski definition) is 8. The maximum atomic E-state index is 12.7. The Labute approximate surface area is 208 Å². The van der Waals surface area contributed by atoms with Gasteiger partial charge >= 0.3 is 0 Å². The monoisotopic (exact) mass is 493 g/mol. The number of carbonyl (C=O) groups excluding carboxylic acids is 1. The fourth-order valence-electron chi connectivity index (χ4n) is 4.46. The topological polar surface area (TPSA) is 89.3 Å². The van der Waals surface area contributed by atoms with Crippen LogP contribution in [0.5, 0.6) is 0 Å². The van der Waals surface area contributed by atoms with Crippen molar-refractivity contribution in [2.75, 3.05) is 37.7 Å². The van der Waals surface area contributed by atoms with E-state index in [0.717, 1.165) is 46.6 Å². The number of piperazine rings is 1. The minimum Gasteiger partial charge on any atom is -0.395 e. The van der Waals surface area contributed by atoms with Crippen molar-refractivity contribution in [1.82, 2.24) is 30.0 Å². The van der Waals surface area contributed by atoms with Crippen molar-refractivity contribution in [2.45, 2.75) is 45.4 Å². The van der Waals surface area contributed by atoms with Crippen LogP contribution in [0.3, 0.4) is 0 Å². The summed E-state index contributed by atoms with van der Waals surface area (Å²) in [7, 11) is 0. The highest BCUT2D eigenvalue weighted by atomic mass is 32.1. The van der Waals surface area contributed by atoms with Crippen molar-refractivity contribution in [1.29, 1.82) is 0 Å². The molecule has 1 aromatic carbocycles. The SMILES string of the molecule is CCCCCc1cc2c(N3CCN(C(=O)CCCOn4nnc5ccccc54)CC3)ncnc2s1. The molecule has 3 aromatic heterocycles. The Kier molecular flexibility index (Phi) is 7.37. The lowest BCUT2D eigenvalue weighted by Crippen LogP contribution is -2.49. The van der Waals surface area contributed by atoms with Gasteiger partial charge in [-0.3, -0.25) is 4.79 Å². The van der Waals surface area contributed by atoms with Crippen molar-refractivity contribution in [3.05, 3.63) is 41.5 Å². The van der Waals surface area contributed by atoms with Crippen LogP contribution in [-0.4, -0.2) is 68.7 Å². The number of anilines is 1. The van der Waals surface area contributed by atoms with Crippen LogP contribution in [0.2, 0.25) is 0 Å². The molecule has 1 saturated heterocycles. The third kappa shape index (κ3) is 5.37. The van der Waals surface area contributed by atoms with E-state index >= 15 is 0 Å². The average molecular weight is 494 g/mol. The zero-order valence-corrected chi connectivity index (χ0v) is 20.9. The lowest BCUT2D eigenvalue weighted by molar-refractivity contribution is -0.131. The number of hydrogen-bond donors (Lipinski definition) is 0. The molecule has 1 amide bonds. The molecule has 0 saturated carbocycles. The first-order chi connectivity index (χ1) is 17.2. The summed E-state index contributed by atoms with van der Waals surface area (Å²) in [6.07, 6.45) is 7.56. The van der Waals surface area contributed by atoms with E-state index in [9.17, 15) is 4.79 Å². The van der Waals surface area contributed by atoms with E-state index < -0.39 is 0 Å². The molecule has 184 valence electrons. The van der Waals surface area contributed by atoms with Gasteiger partial charge in [0.1, 0.15) is 34.6 Å². The summed E-state index contributed by atoms with van der Waals surface area (Å²) in [4.78, 5) is 35.7. The highest BCUT2D eigenvalue weighted by Gasteiger charge is 2.23. The molecule has 0 N–H and O–H groups in total. The quantitative estimate of drug-likeness (QED) is 0.311. The number of para-hydroxylation sites is 1. The molecule has 0 unspecified atom stereocenters. The number of aryl methyl sites for hydroxylation is 1. The normalized spacial score (nSPS) is 14.2. The van der Waals surface area contributed by atoms with Gasteiger partial charge in [-0.25, -0.2) is 9.97 Å². The summed E-state index contributed by atoms with van der Waals surface area (Å²) in [5.74, 6) is 1.16. The molecule has 0 spiro atoms. The number of thiophene rings is 1. The van der Waals surface area contributed by atoms with Gasteiger partial charge in [-0.1, -0.05) is 36.7 Å². The molecule has 10 heteroatoms. The van der Waals surface area contributed by atoms with E-state index in [2.05, 4.69) is 38.2 Å². The smallest absolute Gasteiger partial charge is 0.222 e. The number of carbonyl (C=O) groups is 1. The molecule has 9 nitrogen and oxygen atoms in total. The summed E-state index contributed by atoms with van der Waals surface area (Å²) in [5.41, 5.74) is 1.62. The first kappa shape index (κ1) is 23.5. The van der Waals surface area contributed by atoms with E-state index in [1.807, 2.05) is 29.2 Å². The Balaban J connectivity index is 1.10. The van der Waals surface area contributed by atoms with Crippen LogP contribution in [0, 0.1) is 0 Å². The fourth-order valence-corrected chi connectivity index (χ4v) is 5.49. The summed E-state index contributed by atoms with van der Waals surface area (Å²) in [5, 5.41) is 9.23. The average Bonchev–Trinajstić information content (AvgIpc) is 3.50. The van der Waals surface area contributed by atoms with Crippen LogP contribution in [0.25, 0.3) is 21.3 Å². The minimum absolute atomic E-state index is 0.165. The van der Waals surface area contributed by atoms with Gasteiger partial charge in [0.2, 0.25) is 5.91 Å². The van der Waals surface area contributed by atoms with Crippen molar-refractivity contribution in [3.63, 3.8) is 0 Å². The lowest BCUT2D eigenvalue weighted by Gasteiger charge is -2.35. The molecule has 0 bridgehead atoms. The first-order valence-corrected chi connectivity index (χ1v) is 13.2. The van der Waals surface area contributed by atoms with Crippen molar-refractivity contribution >= 4 is 44.3 Å². The molecule has 1 fully saturated rings. The zero-order valence-electron chi connectivity index (χ0n) is 20.1. The van der Waals surface area contributed by atoms with Crippen LogP contribution >= 0.6 is 11.3 Å². The molecule has 4 heterocycles. The summed E-state index contributed by atoms with van der Waals surface area (Å²) < 4.78 is 0. The Morgan fingerprint density at radius 1 is 1.09 bits per heavy atom. The molecule has 0 atom stereocenters. The van der Waals surface area contributed by atoms with E-state index in [1.165, 1.54) is 29.0 Å². The molecular weight excluding hydrogens is 462 g/mol. The van der Waals surface area contributed by atoms with Crippen LogP contribution in [0.4, 0.5) is 5.82 Å². The lowest BCUT2D eigenvalue weighted by atomic mass is 10.2. The van der Waals surface area contributed by atoms with Crippen LogP contribution in [0.15, 0.2) is 36.7 Å². The summed E-state index contributed by atoms with van der Waals surface area (Å²) in [6, 6.07) is 9.91. The van der Waals surface area contributed by atoms with Crippen molar-refractivity contribution in [3.8, 4) is 0 Å². The summed E-state index contributed by atoms with van der Waals surface area (Å²) in [6.45, 7) is 5.60. The number of amides is 1. The highest BCUT2D eigenvalue weighted by molar-refractivity contribution is 7.18. The van der Waals surface area contributed by atoms with Crippen molar-refractivity contribution in [2.24, 2.45) is 0 Å². The van der Waals surface area contributed by atoms with E-state index in [-0.39, 0.29) is 5.91 Å². The van der Waals surface area contributed by atoms with E-state index in [4.69, 9.17) is 4.84 Å². The largest absolute Gasteiger partial charge is 0.395 e. The van der Waals surface area contributed by atoms with Gasteiger partial charge in [0, 0.05) is 37.5 Å². The minimum atomic E-state index is 0.165. The van der Waals surface area contributed by atoms with Crippen LogP contribution < -0.4 is 9.74 Å². The van der Waals surface area contributed by atoms with E-state index in [1.54, 1.807) is 17.7 Å². The molecule has 0 radical (unpaired) electrons. The second-order valence-electron chi connectivity index (χ2n) is 8.84. The number of rotatable bonds is 10. The van der Waals surface area contributed by atoms with Gasteiger partial charge in [0.05, 0.1) is 5.39 Å². The molecule has 35 heavy (non-hydrogen) atoms. The molecule has 5 rings (SSSR count). The van der Waals surface area contributed by atoms with Gasteiger partial charge in [-0.05, 0) is 42.7 Å². The number of aromatic nitrogens is 5. The second-order valence-corrected chi connectivity index (χ2v) is 9.96. The standard InChI is InChI=1S/C25H31N7O2S/c1-2-3-4-8-19-17-20-24(26-18-27-25(20)35-19)31-14-12-30(13-15-31)23(33)11-7-16-34-32-22-10-6-5-9-21(22)28-29-32/h5-6,9-10,17-18H,2-4,7-8,11-16H2,1H3. The number of benzene rings is 1. The van der Waals surface area contributed by atoms with Crippen LogP contribution in [-0.2, 0) is 11.2 Å². The van der Waals surface area contributed by atoms with Gasteiger partial charge in [0.15, 0.2) is 0 Å². The van der Waals surface area contributed by atoms with Gasteiger partial charge in [-0.2, -0.15) is 0 Å². The van der Waals surface area contributed by atoms with Crippen molar-refractivity contribution < 1.29 is 9.63 Å². The predicted molar refractivity (Wildman–Crippen MR) is 138 cm³/mol. The Bertz CT molecular complexity index is 1280. The summed E-state index contributed by atoms with van der Waals surface area (Å²) >= 11 is 1.78. The second kappa shape index (κ2) is 11.0. The molecule has 1 aliphatic heterocycles. The van der Waals surface area contributed by atoms with E-state index in [0.29, 0.717) is 32.5 Å². The number of nitrogens with zero attached hydrogens (tertiary/aromatic N) is 7. The van der Waals surface area contributed by atoms with Gasteiger partial charge in [0.25, 0.3) is 0 Å². The predicted octanol–water partition coefficient (Wildman–Crippen LogP) is 3.73. The molecule has 1 aliphatic rings. The third-order valence-corrected chi connectivity index (χ3v) is 7.49. The van der Waals surface area contributed by atoms with Gasteiger partial charge in [-0.15, -0.1) is 16.4 Å². The molecule has 4 aromatic rings.